The van der Waals surface area contributed by atoms with Crippen molar-refractivity contribution in [2.24, 2.45) is 12.8 Å². The molecule has 0 radical (unpaired) electrons. The Morgan fingerprint density at radius 2 is 2.10 bits per heavy atom. The fourth-order valence-electron chi connectivity index (χ4n) is 2.61. The highest BCUT2D eigenvalue weighted by atomic mass is 15.2. The SMILES string of the molecule is Cc1ccc(C)c(C(CN)N(C)Cc2cnn(C)c2)c1. The topological polar surface area (TPSA) is 47.1 Å². The molecule has 4 heteroatoms. The molecule has 108 valence electrons. The summed E-state index contributed by atoms with van der Waals surface area (Å²) in [6, 6.07) is 6.79. The molecule has 4 nitrogen and oxygen atoms in total. The minimum Gasteiger partial charge on any atom is -0.329 e. The summed E-state index contributed by atoms with van der Waals surface area (Å²) in [6.07, 6.45) is 3.96. The van der Waals surface area contributed by atoms with Crippen LogP contribution in [-0.4, -0.2) is 28.3 Å². The second-order valence-corrected chi connectivity index (χ2v) is 5.55. The van der Waals surface area contributed by atoms with Crippen molar-refractivity contribution in [2.45, 2.75) is 26.4 Å². The van der Waals surface area contributed by atoms with Gasteiger partial charge in [0.25, 0.3) is 0 Å². The van der Waals surface area contributed by atoms with E-state index in [4.69, 9.17) is 5.73 Å². The Balaban J connectivity index is 2.20. The zero-order valence-electron chi connectivity index (χ0n) is 12.8. The minimum absolute atomic E-state index is 0.232. The molecule has 1 aromatic carbocycles. The average Bonchev–Trinajstić information content (AvgIpc) is 2.80. The van der Waals surface area contributed by atoms with Crippen molar-refractivity contribution < 1.29 is 0 Å². The van der Waals surface area contributed by atoms with Gasteiger partial charge in [0, 0.05) is 37.9 Å². The summed E-state index contributed by atoms with van der Waals surface area (Å²) in [5, 5.41) is 4.22. The average molecular weight is 272 g/mol. The lowest BCUT2D eigenvalue weighted by molar-refractivity contribution is 0.241. The van der Waals surface area contributed by atoms with E-state index in [1.165, 1.54) is 22.3 Å². The standard InChI is InChI=1S/C16H24N4/c1-12-5-6-13(2)15(7-12)16(8-17)19(3)10-14-9-18-20(4)11-14/h5-7,9,11,16H,8,10,17H2,1-4H3. The quantitative estimate of drug-likeness (QED) is 0.907. The van der Waals surface area contributed by atoms with E-state index >= 15 is 0 Å². The monoisotopic (exact) mass is 272 g/mol. The van der Waals surface area contributed by atoms with Gasteiger partial charge in [-0.15, -0.1) is 0 Å². The first-order valence-corrected chi connectivity index (χ1v) is 6.96. The summed E-state index contributed by atoms with van der Waals surface area (Å²) in [6.45, 7) is 5.73. The van der Waals surface area contributed by atoms with Crippen molar-refractivity contribution in [3.05, 3.63) is 52.8 Å². The van der Waals surface area contributed by atoms with E-state index in [-0.39, 0.29) is 6.04 Å². The third-order valence-corrected chi connectivity index (χ3v) is 3.74. The van der Waals surface area contributed by atoms with Crippen molar-refractivity contribution in [3.63, 3.8) is 0 Å². The van der Waals surface area contributed by atoms with Crippen LogP contribution in [0.2, 0.25) is 0 Å². The highest BCUT2D eigenvalue weighted by Gasteiger charge is 2.18. The van der Waals surface area contributed by atoms with Crippen molar-refractivity contribution in [1.29, 1.82) is 0 Å². The zero-order valence-corrected chi connectivity index (χ0v) is 12.8. The fraction of sp³-hybridized carbons (Fsp3) is 0.438. The van der Waals surface area contributed by atoms with Crippen LogP contribution in [0, 0.1) is 13.8 Å². The molecule has 2 aromatic rings. The molecular formula is C16H24N4. The molecule has 2 N–H and O–H groups in total. The van der Waals surface area contributed by atoms with Crippen LogP contribution in [-0.2, 0) is 13.6 Å². The number of likely N-dealkylation sites (N-methyl/N-ethyl adjacent to an activating group) is 1. The summed E-state index contributed by atoms with van der Waals surface area (Å²) in [5.41, 5.74) is 11.1. The van der Waals surface area contributed by atoms with Crippen molar-refractivity contribution in [2.75, 3.05) is 13.6 Å². The van der Waals surface area contributed by atoms with E-state index in [2.05, 4.69) is 49.1 Å². The summed E-state index contributed by atoms with van der Waals surface area (Å²) in [7, 11) is 4.06. The highest BCUT2D eigenvalue weighted by molar-refractivity contribution is 5.33. The molecule has 0 aliphatic rings. The van der Waals surface area contributed by atoms with Gasteiger partial charge in [-0.25, -0.2) is 0 Å². The van der Waals surface area contributed by atoms with Crippen LogP contribution in [0.3, 0.4) is 0 Å². The Morgan fingerprint density at radius 3 is 2.70 bits per heavy atom. The molecule has 0 spiro atoms. The smallest absolute Gasteiger partial charge is 0.0534 e. The highest BCUT2D eigenvalue weighted by Crippen LogP contribution is 2.24. The van der Waals surface area contributed by atoms with Gasteiger partial charge >= 0.3 is 0 Å². The van der Waals surface area contributed by atoms with E-state index < -0.39 is 0 Å². The molecule has 1 heterocycles. The Kier molecular flexibility index (Phi) is 4.57. The number of nitrogens with zero attached hydrogens (tertiary/aromatic N) is 3. The zero-order chi connectivity index (χ0) is 14.7. The first-order chi connectivity index (χ1) is 9.51. The molecule has 1 atom stereocenters. The van der Waals surface area contributed by atoms with Gasteiger partial charge in [-0.3, -0.25) is 9.58 Å². The van der Waals surface area contributed by atoms with Gasteiger partial charge in [0.05, 0.1) is 6.20 Å². The van der Waals surface area contributed by atoms with Crippen LogP contribution in [0.25, 0.3) is 0 Å². The first-order valence-electron chi connectivity index (χ1n) is 6.96. The third-order valence-electron chi connectivity index (χ3n) is 3.74. The Hall–Kier alpha value is -1.65. The number of nitrogens with two attached hydrogens (primary N) is 1. The van der Waals surface area contributed by atoms with Gasteiger partial charge in [-0.2, -0.15) is 5.10 Å². The van der Waals surface area contributed by atoms with Crippen LogP contribution < -0.4 is 5.73 Å². The van der Waals surface area contributed by atoms with Crippen LogP contribution in [0.1, 0.15) is 28.3 Å². The molecule has 0 aliphatic carbocycles. The van der Waals surface area contributed by atoms with Crippen molar-refractivity contribution >= 4 is 0 Å². The van der Waals surface area contributed by atoms with Gasteiger partial charge in [0.15, 0.2) is 0 Å². The predicted molar refractivity (Wildman–Crippen MR) is 82.4 cm³/mol. The van der Waals surface area contributed by atoms with E-state index in [9.17, 15) is 0 Å². The number of benzene rings is 1. The van der Waals surface area contributed by atoms with Gasteiger partial charge < -0.3 is 5.73 Å². The molecule has 0 saturated heterocycles. The lowest BCUT2D eigenvalue weighted by Gasteiger charge is -2.28. The van der Waals surface area contributed by atoms with Crippen LogP contribution in [0.15, 0.2) is 30.6 Å². The predicted octanol–water partition coefficient (Wildman–Crippen LogP) is 2.17. The number of rotatable bonds is 5. The maximum Gasteiger partial charge on any atom is 0.0534 e. The first kappa shape index (κ1) is 14.8. The van der Waals surface area contributed by atoms with Crippen LogP contribution >= 0.6 is 0 Å². The number of hydrogen-bond donors (Lipinski definition) is 1. The number of aryl methyl sites for hydroxylation is 3. The molecule has 0 fully saturated rings. The van der Waals surface area contributed by atoms with Crippen molar-refractivity contribution in [3.8, 4) is 0 Å². The maximum atomic E-state index is 6.02. The second-order valence-electron chi connectivity index (χ2n) is 5.55. The molecular weight excluding hydrogens is 248 g/mol. The molecule has 1 unspecified atom stereocenters. The Labute approximate surface area is 121 Å². The molecule has 0 aliphatic heterocycles. The van der Waals surface area contributed by atoms with Gasteiger partial charge in [0.2, 0.25) is 0 Å². The van der Waals surface area contributed by atoms with E-state index in [0.717, 1.165) is 6.54 Å². The van der Waals surface area contributed by atoms with Crippen LogP contribution in [0.5, 0.6) is 0 Å². The molecule has 1 aromatic heterocycles. The van der Waals surface area contributed by atoms with Crippen LogP contribution in [0.4, 0.5) is 0 Å². The third kappa shape index (κ3) is 3.26. The number of aromatic nitrogens is 2. The molecule has 0 saturated carbocycles. The lowest BCUT2D eigenvalue weighted by atomic mass is 9.98. The molecule has 0 bridgehead atoms. The Morgan fingerprint density at radius 1 is 1.35 bits per heavy atom. The molecule has 2 rings (SSSR count). The summed E-state index contributed by atoms with van der Waals surface area (Å²) >= 11 is 0. The maximum absolute atomic E-state index is 6.02. The fourth-order valence-corrected chi connectivity index (χ4v) is 2.61. The van der Waals surface area contributed by atoms with Gasteiger partial charge in [0.1, 0.15) is 0 Å². The van der Waals surface area contributed by atoms with Gasteiger partial charge in [-0.1, -0.05) is 23.8 Å². The summed E-state index contributed by atoms with van der Waals surface area (Å²) in [5.74, 6) is 0. The normalized spacial score (nSPS) is 12.9. The number of hydrogen-bond acceptors (Lipinski definition) is 3. The van der Waals surface area contributed by atoms with E-state index in [0.29, 0.717) is 6.54 Å². The summed E-state index contributed by atoms with van der Waals surface area (Å²) < 4.78 is 1.83. The van der Waals surface area contributed by atoms with Crippen molar-refractivity contribution in [1.82, 2.24) is 14.7 Å². The summed E-state index contributed by atoms with van der Waals surface area (Å²) in [4.78, 5) is 2.29. The molecule has 20 heavy (non-hydrogen) atoms. The Bertz CT molecular complexity index is 574. The van der Waals surface area contributed by atoms with E-state index in [1.807, 2.05) is 24.1 Å². The lowest BCUT2D eigenvalue weighted by Crippen LogP contribution is -2.30. The van der Waals surface area contributed by atoms with E-state index in [1.54, 1.807) is 0 Å². The largest absolute Gasteiger partial charge is 0.329 e. The molecule has 0 amide bonds. The second kappa shape index (κ2) is 6.20. The van der Waals surface area contributed by atoms with Gasteiger partial charge in [-0.05, 0) is 32.0 Å². The minimum atomic E-state index is 0.232.